The minimum atomic E-state index is 0.0976. The van der Waals surface area contributed by atoms with Gasteiger partial charge in [0.2, 0.25) is 0 Å². The summed E-state index contributed by atoms with van der Waals surface area (Å²) < 4.78 is 0. The van der Waals surface area contributed by atoms with Gasteiger partial charge < -0.3 is 10.4 Å². The summed E-state index contributed by atoms with van der Waals surface area (Å²) in [5, 5.41) is 13.3. The molecule has 0 spiro atoms. The minimum Gasteiger partial charge on any atom is -0.396 e. The molecule has 1 saturated carbocycles. The van der Waals surface area contributed by atoms with E-state index in [9.17, 15) is 5.11 Å². The average Bonchev–Trinajstić information content (AvgIpc) is 2.35. The first-order chi connectivity index (χ1) is 8.06. The molecule has 3 unspecified atom stereocenters. The van der Waals surface area contributed by atoms with Crippen LogP contribution in [0.2, 0.25) is 0 Å². The molecular formula is C15H31NO. The van der Waals surface area contributed by atoms with Crippen molar-refractivity contribution in [2.24, 2.45) is 17.3 Å². The molecule has 1 rings (SSSR count). The van der Waals surface area contributed by atoms with Gasteiger partial charge >= 0.3 is 0 Å². The molecule has 2 heteroatoms. The Bertz CT molecular complexity index is 205. The monoisotopic (exact) mass is 241 g/mol. The standard InChI is InChI=1S/C15H31NO/c1-5-15(6-2,11-17)10-16-14-9-12(3)7-8-13(14)4/h12-14,16-17H,5-11H2,1-4H3. The Balaban J connectivity index is 2.47. The second-order valence-corrected chi connectivity index (χ2v) is 6.25. The van der Waals surface area contributed by atoms with E-state index >= 15 is 0 Å². The van der Waals surface area contributed by atoms with Crippen LogP contribution in [0.5, 0.6) is 0 Å². The van der Waals surface area contributed by atoms with Crippen LogP contribution in [0.15, 0.2) is 0 Å². The maximum Gasteiger partial charge on any atom is 0.0499 e. The SMILES string of the molecule is CCC(CC)(CO)CNC1CC(C)CCC1C. The molecule has 1 aliphatic carbocycles. The molecule has 0 aromatic rings. The maximum absolute atomic E-state index is 9.58. The Hall–Kier alpha value is -0.0800. The first kappa shape index (κ1) is 15.0. The molecule has 1 fully saturated rings. The van der Waals surface area contributed by atoms with Crippen LogP contribution in [0, 0.1) is 17.3 Å². The normalized spacial score (nSPS) is 30.5. The van der Waals surface area contributed by atoms with Crippen LogP contribution in [0.3, 0.4) is 0 Å². The number of hydrogen-bond acceptors (Lipinski definition) is 2. The van der Waals surface area contributed by atoms with Gasteiger partial charge in [0.1, 0.15) is 0 Å². The molecule has 102 valence electrons. The maximum atomic E-state index is 9.58. The zero-order valence-electron chi connectivity index (χ0n) is 12.1. The van der Waals surface area contributed by atoms with Crippen molar-refractivity contribution in [1.82, 2.24) is 5.32 Å². The molecule has 2 nitrogen and oxygen atoms in total. The van der Waals surface area contributed by atoms with Crippen molar-refractivity contribution in [1.29, 1.82) is 0 Å². The second-order valence-electron chi connectivity index (χ2n) is 6.25. The predicted molar refractivity (Wildman–Crippen MR) is 74.1 cm³/mol. The summed E-state index contributed by atoms with van der Waals surface area (Å²) in [5.74, 6) is 1.65. The van der Waals surface area contributed by atoms with E-state index in [0.29, 0.717) is 12.6 Å². The number of aliphatic hydroxyl groups is 1. The highest BCUT2D eigenvalue weighted by atomic mass is 16.3. The third-order valence-corrected chi connectivity index (χ3v) is 5.03. The quantitative estimate of drug-likeness (QED) is 0.748. The average molecular weight is 241 g/mol. The summed E-state index contributed by atoms with van der Waals surface area (Å²) in [5.41, 5.74) is 0.0976. The van der Waals surface area contributed by atoms with Gasteiger partial charge in [0.25, 0.3) is 0 Å². The van der Waals surface area contributed by atoms with Gasteiger partial charge in [0, 0.05) is 24.6 Å². The molecule has 2 N–H and O–H groups in total. The highest BCUT2D eigenvalue weighted by molar-refractivity contribution is 4.85. The van der Waals surface area contributed by atoms with E-state index in [1.807, 2.05) is 0 Å². The third-order valence-electron chi connectivity index (χ3n) is 5.03. The minimum absolute atomic E-state index is 0.0976. The number of aliphatic hydroxyl groups excluding tert-OH is 1. The van der Waals surface area contributed by atoms with E-state index < -0.39 is 0 Å². The van der Waals surface area contributed by atoms with Gasteiger partial charge in [-0.25, -0.2) is 0 Å². The zero-order valence-corrected chi connectivity index (χ0v) is 12.1. The van der Waals surface area contributed by atoms with E-state index in [4.69, 9.17) is 0 Å². The fraction of sp³-hybridized carbons (Fsp3) is 1.00. The molecule has 1 aliphatic rings. The largest absolute Gasteiger partial charge is 0.396 e. The van der Waals surface area contributed by atoms with E-state index in [1.54, 1.807) is 0 Å². The highest BCUT2D eigenvalue weighted by Gasteiger charge is 2.29. The summed E-state index contributed by atoms with van der Waals surface area (Å²) in [6, 6.07) is 0.655. The second kappa shape index (κ2) is 6.75. The molecule has 0 radical (unpaired) electrons. The Kier molecular flexibility index (Phi) is 5.94. The van der Waals surface area contributed by atoms with Gasteiger partial charge in [-0.2, -0.15) is 0 Å². The van der Waals surface area contributed by atoms with Gasteiger partial charge in [-0.15, -0.1) is 0 Å². The summed E-state index contributed by atoms with van der Waals surface area (Å²) in [6.07, 6.45) is 6.15. The van der Waals surface area contributed by atoms with Gasteiger partial charge in [0.15, 0.2) is 0 Å². The fourth-order valence-electron chi connectivity index (χ4n) is 2.94. The van der Waals surface area contributed by atoms with Crippen LogP contribution >= 0.6 is 0 Å². The highest BCUT2D eigenvalue weighted by Crippen LogP contribution is 2.30. The summed E-state index contributed by atoms with van der Waals surface area (Å²) in [7, 11) is 0. The number of nitrogens with one attached hydrogen (secondary N) is 1. The van der Waals surface area contributed by atoms with Crippen molar-refractivity contribution >= 4 is 0 Å². The molecule has 0 aromatic carbocycles. The van der Waals surface area contributed by atoms with Gasteiger partial charge in [0.05, 0.1) is 0 Å². The van der Waals surface area contributed by atoms with Crippen LogP contribution in [-0.4, -0.2) is 24.3 Å². The Morgan fingerprint density at radius 3 is 2.35 bits per heavy atom. The van der Waals surface area contributed by atoms with Crippen LogP contribution < -0.4 is 5.32 Å². The molecule has 17 heavy (non-hydrogen) atoms. The first-order valence-corrected chi connectivity index (χ1v) is 7.41. The van der Waals surface area contributed by atoms with Crippen LogP contribution in [0.25, 0.3) is 0 Å². The van der Waals surface area contributed by atoms with Crippen molar-refractivity contribution in [3.05, 3.63) is 0 Å². The van der Waals surface area contributed by atoms with E-state index in [-0.39, 0.29) is 5.41 Å². The Morgan fingerprint density at radius 2 is 1.82 bits per heavy atom. The molecule has 0 bridgehead atoms. The summed E-state index contributed by atoms with van der Waals surface area (Å²) in [6.45, 7) is 10.4. The lowest BCUT2D eigenvalue weighted by Crippen LogP contribution is -2.46. The number of rotatable bonds is 6. The first-order valence-electron chi connectivity index (χ1n) is 7.41. The van der Waals surface area contributed by atoms with Crippen molar-refractivity contribution in [3.63, 3.8) is 0 Å². The van der Waals surface area contributed by atoms with E-state index in [1.165, 1.54) is 19.3 Å². The molecule has 3 atom stereocenters. The van der Waals surface area contributed by atoms with E-state index in [0.717, 1.165) is 31.2 Å². The topological polar surface area (TPSA) is 32.3 Å². The Labute approximate surface area is 107 Å². The third kappa shape index (κ3) is 3.96. The lowest BCUT2D eigenvalue weighted by Gasteiger charge is -2.37. The van der Waals surface area contributed by atoms with Crippen LogP contribution in [0.4, 0.5) is 0 Å². The van der Waals surface area contributed by atoms with Crippen molar-refractivity contribution in [2.45, 2.75) is 65.8 Å². The molecule has 0 saturated heterocycles. The molecule has 0 aliphatic heterocycles. The Morgan fingerprint density at radius 1 is 1.18 bits per heavy atom. The van der Waals surface area contributed by atoms with Crippen molar-refractivity contribution in [2.75, 3.05) is 13.2 Å². The smallest absolute Gasteiger partial charge is 0.0499 e. The lowest BCUT2D eigenvalue weighted by molar-refractivity contribution is 0.0999. The predicted octanol–water partition coefficient (Wildman–Crippen LogP) is 3.20. The molecule has 0 amide bonds. The van der Waals surface area contributed by atoms with Crippen LogP contribution in [-0.2, 0) is 0 Å². The zero-order chi connectivity index (χ0) is 12.9. The fourth-order valence-corrected chi connectivity index (χ4v) is 2.94. The van der Waals surface area contributed by atoms with Crippen molar-refractivity contribution in [3.8, 4) is 0 Å². The lowest BCUT2D eigenvalue weighted by atomic mass is 9.78. The summed E-state index contributed by atoms with van der Waals surface area (Å²) in [4.78, 5) is 0. The number of hydrogen-bond donors (Lipinski definition) is 2. The van der Waals surface area contributed by atoms with Gasteiger partial charge in [-0.05, 0) is 37.5 Å². The summed E-state index contributed by atoms with van der Waals surface area (Å²) >= 11 is 0. The van der Waals surface area contributed by atoms with Gasteiger partial charge in [-0.3, -0.25) is 0 Å². The van der Waals surface area contributed by atoms with Crippen molar-refractivity contribution < 1.29 is 5.11 Å². The molecule has 0 heterocycles. The molecule has 0 aromatic heterocycles. The van der Waals surface area contributed by atoms with Crippen LogP contribution in [0.1, 0.15) is 59.8 Å². The van der Waals surface area contributed by atoms with E-state index in [2.05, 4.69) is 33.0 Å². The molecular weight excluding hydrogens is 210 g/mol. The van der Waals surface area contributed by atoms with Gasteiger partial charge in [-0.1, -0.05) is 34.1 Å².